The molecule has 0 aliphatic heterocycles. The quantitative estimate of drug-likeness (QED) is 0.917. The van der Waals surface area contributed by atoms with Crippen molar-refractivity contribution in [2.24, 2.45) is 0 Å². The molecule has 1 aromatic carbocycles. The van der Waals surface area contributed by atoms with Gasteiger partial charge in [0.2, 0.25) is 0 Å². The first-order chi connectivity index (χ1) is 7.10. The van der Waals surface area contributed by atoms with Gasteiger partial charge in [-0.2, -0.15) is 0 Å². The van der Waals surface area contributed by atoms with E-state index in [2.05, 4.69) is 15.9 Å². The summed E-state index contributed by atoms with van der Waals surface area (Å²) in [5.74, 6) is 1.34. The van der Waals surface area contributed by atoms with Crippen LogP contribution in [0.4, 0.5) is 0 Å². The van der Waals surface area contributed by atoms with Gasteiger partial charge in [-0.25, -0.2) is 0 Å². The monoisotopic (exact) mass is 274 g/mol. The van der Waals surface area contributed by atoms with Gasteiger partial charge in [-0.1, -0.05) is 6.07 Å². The number of halogens is 1. The number of aliphatic hydroxyl groups is 1. The Hall–Kier alpha value is -0.740. The van der Waals surface area contributed by atoms with E-state index < -0.39 is 0 Å². The lowest BCUT2D eigenvalue weighted by atomic mass is 10.1. The van der Waals surface area contributed by atoms with E-state index in [0.29, 0.717) is 17.9 Å². The van der Waals surface area contributed by atoms with Crippen LogP contribution in [0.25, 0.3) is 0 Å². The average molecular weight is 275 g/mol. The summed E-state index contributed by atoms with van der Waals surface area (Å²) in [4.78, 5) is 0. The van der Waals surface area contributed by atoms with Crippen LogP contribution >= 0.6 is 15.9 Å². The van der Waals surface area contributed by atoms with Crippen LogP contribution < -0.4 is 9.47 Å². The largest absolute Gasteiger partial charge is 0.493 e. The highest BCUT2D eigenvalue weighted by Gasteiger charge is 2.13. The van der Waals surface area contributed by atoms with Crippen molar-refractivity contribution in [2.45, 2.75) is 19.4 Å². The molecule has 1 aromatic rings. The van der Waals surface area contributed by atoms with Gasteiger partial charge in [0.1, 0.15) is 0 Å². The Morgan fingerprint density at radius 1 is 1.33 bits per heavy atom. The highest BCUT2D eigenvalue weighted by molar-refractivity contribution is 9.10. The predicted molar refractivity (Wildman–Crippen MR) is 62.6 cm³/mol. The van der Waals surface area contributed by atoms with Crippen molar-refractivity contribution in [1.29, 1.82) is 0 Å². The van der Waals surface area contributed by atoms with Gasteiger partial charge < -0.3 is 14.6 Å². The van der Waals surface area contributed by atoms with Crippen LogP contribution in [0.1, 0.15) is 12.5 Å². The van der Waals surface area contributed by atoms with Crippen LogP contribution in [0, 0.1) is 0 Å². The molecule has 1 rings (SSSR count). The molecule has 0 bridgehead atoms. The molecule has 0 spiro atoms. The fraction of sp³-hybridized carbons (Fsp3) is 0.455. The van der Waals surface area contributed by atoms with Crippen molar-refractivity contribution >= 4 is 15.9 Å². The first-order valence-corrected chi connectivity index (χ1v) is 5.46. The lowest BCUT2D eigenvalue weighted by Crippen LogP contribution is -2.05. The SMILES string of the molecule is COc1ccc(C[C@H](C)O)c(Br)c1OC. The number of ether oxygens (including phenoxy) is 2. The van der Waals surface area contributed by atoms with E-state index >= 15 is 0 Å². The molecular weight excluding hydrogens is 260 g/mol. The summed E-state index contributed by atoms with van der Waals surface area (Å²) in [7, 11) is 3.19. The third-order valence-electron chi connectivity index (χ3n) is 2.08. The first-order valence-electron chi connectivity index (χ1n) is 4.67. The van der Waals surface area contributed by atoms with Crippen LogP contribution in [0.3, 0.4) is 0 Å². The number of methoxy groups -OCH3 is 2. The van der Waals surface area contributed by atoms with Crippen molar-refractivity contribution < 1.29 is 14.6 Å². The summed E-state index contributed by atoms with van der Waals surface area (Å²) in [6.45, 7) is 1.75. The van der Waals surface area contributed by atoms with Gasteiger partial charge in [-0.15, -0.1) is 0 Å². The Kier molecular flexibility index (Phi) is 4.42. The normalized spacial score (nSPS) is 12.3. The maximum absolute atomic E-state index is 9.33. The van der Waals surface area contributed by atoms with Crippen molar-refractivity contribution in [3.63, 3.8) is 0 Å². The third kappa shape index (κ3) is 2.86. The van der Waals surface area contributed by atoms with Gasteiger partial charge in [0.05, 0.1) is 24.8 Å². The number of benzene rings is 1. The fourth-order valence-electron chi connectivity index (χ4n) is 1.41. The Bertz CT molecular complexity index is 337. The Labute approximate surface area is 98.1 Å². The standard InChI is InChI=1S/C11H15BrO3/c1-7(13)6-8-4-5-9(14-2)11(15-3)10(8)12/h4-5,7,13H,6H2,1-3H3/t7-/m0/s1. The second-order valence-corrected chi connectivity index (χ2v) is 4.12. The molecule has 4 heteroatoms. The van der Waals surface area contributed by atoms with Gasteiger partial charge in [-0.3, -0.25) is 0 Å². The van der Waals surface area contributed by atoms with Gasteiger partial charge in [0, 0.05) is 0 Å². The minimum atomic E-state index is -0.376. The molecule has 0 aromatic heterocycles. The molecule has 3 nitrogen and oxygen atoms in total. The molecule has 1 N–H and O–H groups in total. The maximum atomic E-state index is 9.33. The molecular formula is C11H15BrO3. The predicted octanol–water partition coefficient (Wildman–Crippen LogP) is 2.39. The van der Waals surface area contributed by atoms with E-state index in [1.54, 1.807) is 21.1 Å². The van der Waals surface area contributed by atoms with Crippen LogP contribution in [0.5, 0.6) is 11.5 Å². The van der Waals surface area contributed by atoms with Crippen molar-refractivity contribution in [2.75, 3.05) is 14.2 Å². The molecule has 1 atom stereocenters. The van der Waals surface area contributed by atoms with Crippen molar-refractivity contribution in [3.05, 3.63) is 22.2 Å². The lowest BCUT2D eigenvalue weighted by molar-refractivity contribution is 0.195. The van der Waals surface area contributed by atoms with Crippen LogP contribution in [0.15, 0.2) is 16.6 Å². The molecule has 0 unspecified atom stereocenters. The number of hydrogen-bond acceptors (Lipinski definition) is 3. The molecule has 0 saturated heterocycles. The van der Waals surface area contributed by atoms with Gasteiger partial charge in [0.15, 0.2) is 11.5 Å². The number of aliphatic hydroxyl groups excluding tert-OH is 1. The summed E-state index contributed by atoms with van der Waals surface area (Å²) in [6, 6.07) is 3.75. The summed E-state index contributed by atoms with van der Waals surface area (Å²) in [6.07, 6.45) is 0.209. The molecule has 0 saturated carbocycles. The smallest absolute Gasteiger partial charge is 0.175 e. The Morgan fingerprint density at radius 2 is 2.00 bits per heavy atom. The molecule has 0 fully saturated rings. The zero-order chi connectivity index (χ0) is 11.4. The van der Waals surface area contributed by atoms with Gasteiger partial charge in [0.25, 0.3) is 0 Å². The van der Waals surface area contributed by atoms with Crippen LogP contribution in [0.2, 0.25) is 0 Å². The first kappa shape index (κ1) is 12.3. The third-order valence-corrected chi connectivity index (χ3v) is 2.95. The Balaban J connectivity index is 3.11. The summed E-state index contributed by atoms with van der Waals surface area (Å²) in [5.41, 5.74) is 1.00. The van der Waals surface area contributed by atoms with Crippen molar-refractivity contribution in [1.82, 2.24) is 0 Å². The minimum absolute atomic E-state index is 0.376. The maximum Gasteiger partial charge on any atom is 0.175 e. The number of rotatable bonds is 4. The average Bonchev–Trinajstić information content (AvgIpc) is 2.20. The molecule has 0 amide bonds. The highest BCUT2D eigenvalue weighted by atomic mass is 79.9. The summed E-state index contributed by atoms with van der Waals surface area (Å²) < 4.78 is 11.2. The van der Waals surface area contributed by atoms with Crippen LogP contribution in [-0.4, -0.2) is 25.4 Å². The summed E-state index contributed by atoms with van der Waals surface area (Å²) in [5, 5.41) is 9.33. The highest BCUT2D eigenvalue weighted by Crippen LogP contribution is 2.37. The molecule has 0 heterocycles. The van der Waals surface area contributed by atoms with Crippen LogP contribution in [-0.2, 0) is 6.42 Å². The zero-order valence-electron chi connectivity index (χ0n) is 9.08. The van der Waals surface area contributed by atoms with Crippen molar-refractivity contribution in [3.8, 4) is 11.5 Å². The van der Waals surface area contributed by atoms with E-state index in [0.717, 1.165) is 10.0 Å². The summed E-state index contributed by atoms with van der Waals surface area (Å²) >= 11 is 3.45. The lowest BCUT2D eigenvalue weighted by Gasteiger charge is -2.13. The van der Waals surface area contributed by atoms with E-state index in [1.165, 1.54) is 0 Å². The minimum Gasteiger partial charge on any atom is -0.493 e. The van der Waals surface area contributed by atoms with Gasteiger partial charge in [-0.05, 0) is 40.9 Å². The molecule has 0 aliphatic rings. The second-order valence-electron chi connectivity index (χ2n) is 3.33. The second kappa shape index (κ2) is 5.37. The fourth-order valence-corrected chi connectivity index (χ4v) is 2.06. The topological polar surface area (TPSA) is 38.7 Å². The molecule has 15 heavy (non-hydrogen) atoms. The van der Waals surface area contributed by atoms with E-state index in [1.807, 2.05) is 12.1 Å². The number of hydrogen-bond donors (Lipinski definition) is 1. The molecule has 0 radical (unpaired) electrons. The van der Waals surface area contributed by atoms with E-state index in [-0.39, 0.29) is 6.10 Å². The zero-order valence-corrected chi connectivity index (χ0v) is 10.7. The van der Waals surface area contributed by atoms with E-state index in [9.17, 15) is 5.11 Å². The molecule has 84 valence electrons. The molecule has 0 aliphatic carbocycles. The Morgan fingerprint density at radius 3 is 2.47 bits per heavy atom. The van der Waals surface area contributed by atoms with E-state index in [4.69, 9.17) is 9.47 Å². The van der Waals surface area contributed by atoms with Gasteiger partial charge >= 0.3 is 0 Å².